The first-order valence-corrected chi connectivity index (χ1v) is 9.35. The lowest BCUT2D eigenvalue weighted by Crippen LogP contribution is -2.42. The molecule has 7 heteroatoms. The van der Waals surface area contributed by atoms with Crippen LogP contribution < -0.4 is 5.32 Å². The number of carbonyl (C=O) groups excluding carboxylic acids is 4. The summed E-state index contributed by atoms with van der Waals surface area (Å²) in [7, 11) is 0. The molecule has 1 saturated heterocycles. The zero-order chi connectivity index (χ0) is 19.2. The summed E-state index contributed by atoms with van der Waals surface area (Å²) in [5, 5.41) is 2.22. The van der Waals surface area contributed by atoms with Crippen molar-refractivity contribution in [2.24, 2.45) is 11.8 Å². The van der Waals surface area contributed by atoms with Crippen LogP contribution in [0.15, 0.2) is 30.3 Å². The van der Waals surface area contributed by atoms with E-state index in [-0.39, 0.29) is 24.2 Å². The van der Waals surface area contributed by atoms with E-state index in [2.05, 4.69) is 5.32 Å². The largest absolute Gasteiger partial charge is 0.455 e. The van der Waals surface area contributed by atoms with E-state index in [1.807, 2.05) is 23.1 Å². The van der Waals surface area contributed by atoms with Crippen molar-refractivity contribution in [2.75, 3.05) is 19.7 Å². The standard InChI is InChI=1S/C20H24N2O5/c23-17(12-14-4-2-1-3-5-14)21-18(24)13-27-20(26)16-8-10-22(11-9-16)19(25)15-6-7-15/h1-5,15-16H,6-13H2,(H,21,23,24). The maximum Gasteiger partial charge on any atom is 0.309 e. The maximum absolute atomic E-state index is 12.1. The van der Waals surface area contributed by atoms with Gasteiger partial charge in [-0.15, -0.1) is 0 Å². The van der Waals surface area contributed by atoms with E-state index in [4.69, 9.17) is 4.74 Å². The molecule has 0 bridgehead atoms. The summed E-state index contributed by atoms with van der Waals surface area (Å²) in [6, 6.07) is 9.07. The minimum absolute atomic E-state index is 0.0913. The van der Waals surface area contributed by atoms with E-state index in [1.54, 1.807) is 12.1 Å². The fraction of sp³-hybridized carbons (Fsp3) is 0.500. The SMILES string of the molecule is O=C(COC(=O)C1CCN(C(=O)C2CC2)CC1)NC(=O)Cc1ccccc1. The molecule has 1 aromatic carbocycles. The first-order valence-electron chi connectivity index (χ1n) is 9.35. The van der Waals surface area contributed by atoms with Gasteiger partial charge in [0.25, 0.3) is 5.91 Å². The number of carbonyl (C=O) groups is 4. The molecule has 0 aromatic heterocycles. The highest BCUT2D eigenvalue weighted by Gasteiger charge is 2.36. The van der Waals surface area contributed by atoms with E-state index in [0.717, 1.165) is 18.4 Å². The Bertz CT molecular complexity index is 706. The second-order valence-corrected chi connectivity index (χ2v) is 7.12. The van der Waals surface area contributed by atoms with Crippen LogP contribution in [0.25, 0.3) is 0 Å². The molecule has 1 aliphatic heterocycles. The number of benzene rings is 1. The summed E-state index contributed by atoms with van der Waals surface area (Å²) in [4.78, 5) is 49.5. The van der Waals surface area contributed by atoms with Gasteiger partial charge >= 0.3 is 5.97 Å². The Kier molecular flexibility index (Phi) is 6.21. The maximum atomic E-state index is 12.1. The lowest BCUT2D eigenvalue weighted by atomic mass is 9.97. The Morgan fingerprint density at radius 3 is 2.22 bits per heavy atom. The van der Waals surface area contributed by atoms with Crippen LogP contribution in [-0.4, -0.2) is 48.3 Å². The van der Waals surface area contributed by atoms with Crippen LogP contribution >= 0.6 is 0 Å². The van der Waals surface area contributed by atoms with Gasteiger partial charge < -0.3 is 9.64 Å². The molecule has 0 atom stereocenters. The molecule has 27 heavy (non-hydrogen) atoms. The van der Waals surface area contributed by atoms with Gasteiger partial charge in [-0.25, -0.2) is 0 Å². The Labute approximate surface area is 158 Å². The average molecular weight is 372 g/mol. The van der Waals surface area contributed by atoms with Crippen molar-refractivity contribution in [1.29, 1.82) is 0 Å². The molecule has 144 valence electrons. The minimum Gasteiger partial charge on any atom is -0.455 e. The first kappa shape index (κ1) is 19.1. The lowest BCUT2D eigenvalue weighted by molar-refractivity contribution is -0.155. The molecule has 1 aromatic rings. The van der Waals surface area contributed by atoms with Crippen molar-refractivity contribution in [3.8, 4) is 0 Å². The van der Waals surface area contributed by atoms with Crippen molar-refractivity contribution >= 4 is 23.7 Å². The third-order valence-electron chi connectivity index (χ3n) is 4.90. The zero-order valence-corrected chi connectivity index (χ0v) is 15.2. The highest BCUT2D eigenvalue weighted by Crippen LogP contribution is 2.32. The van der Waals surface area contributed by atoms with Crippen LogP contribution in [0.2, 0.25) is 0 Å². The van der Waals surface area contributed by atoms with Crippen molar-refractivity contribution in [3.63, 3.8) is 0 Å². The topological polar surface area (TPSA) is 92.8 Å². The van der Waals surface area contributed by atoms with Gasteiger partial charge in [0.1, 0.15) is 0 Å². The lowest BCUT2D eigenvalue weighted by Gasteiger charge is -2.31. The van der Waals surface area contributed by atoms with E-state index < -0.39 is 24.4 Å². The Morgan fingerprint density at radius 1 is 0.926 bits per heavy atom. The highest BCUT2D eigenvalue weighted by molar-refractivity contribution is 5.97. The number of imide groups is 1. The molecule has 2 aliphatic rings. The molecule has 3 amide bonds. The van der Waals surface area contributed by atoms with Crippen molar-refractivity contribution in [3.05, 3.63) is 35.9 Å². The first-order chi connectivity index (χ1) is 13.0. The van der Waals surface area contributed by atoms with Gasteiger partial charge in [-0.3, -0.25) is 24.5 Å². The summed E-state index contributed by atoms with van der Waals surface area (Å²) < 4.78 is 5.04. The molecule has 0 radical (unpaired) electrons. The van der Waals surface area contributed by atoms with Gasteiger partial charge in [0.15, 0.2) is 6.61 Å². The zero-order valence-electron chi connectivity index (χ0n) is 15.2. The molecular formula is C20H24N2O5. The number of nitrogens with zero attached hydrogens (tertiary/aromatic N) is 1. The second-order valence-electron chi connectivity index (χ2n) is 7.12. The number of piperidine rings is 1. The second kappa shape index (κ2) is 8.79. The van der Waals surface area contributed by atoms with E-state index in [9.17, 15) is 19.2 Å². The minimum atomic E-state index is -0.634. The Balaban J connectivity index is 1.34. The fourth-order valence-electron chi connectivity index (χ4n) is 3.20. The number of likely N-dealkylation sites (tertiary alicyclic amines) is 1. The van der Waals surface area contributed by atoms with Crippen LogP contribution in [0.5, 0.6) is 0 Å². The number of hydrogen-bond donors (Lipinski definition) is 1. The van der Waals surface area contributed by atoms with E-state index >= 15 is 0 Å². The van der Waals surface area contributed by atoms with Gasteiger partial charge in [0.2, 0.25) is 11.8 Å². The number of rotatable bonds is 6. The monoisotopic (exact) mass is 372 g/mol. The average Bonchev–Trinajstić information content (AvgIpc) is 3.51. The van der Waals surface area contributed by atoms with Gasteiger partial charge in [0, 0.05) is 19.0 Å². The number of esters is 1. The van der Waals surface area contributed by atoms with E-state index in [1.165, 1.54) is 0 Å². The summed E-state index contributed by atoms with van der Waals surface area (Å²) in [6.07, 6.45) is 3.13. The molecule has 0 spiro atoms. The van der Waals surface area contributed by atoms with Crippen molar-refractivity contribution in [2.45, 2.75) is 32.1 Å². The molecule has 1 heterocycles. The third kappa shape index (κ3) is 5.64. The van der Waals surface area contributed by atoms with Gasteiger partial charge in [-0.2, -0.15) is 0 Å². The molecule has 7 nitrogen and oxygen atoms in total. The molecular weight excluding hydrogens is 348 g/mol. The number of amides is 3. The smallest absolute Gasteiger partial charge is 0.309 e. The van der Waals surface area contributed by atoms with Crippen molar-refractivity contribution in [1.82, 2.24) is 10.2 Å². The van der Waals surface area contributed by atoms with Gasteiger partial charge in [-0.05, 0) is 31.2 Å². The Hall–Kier alpha value is -2.70. The van der Waals surface area contributed by atoms with Crippen LogP contribution in [0.3, 0.4) is 0 Å². The Morgan fingerprint density at radius 2 is 1.59 bits per heavy atom. The molecule has 0 unspecified atom stereocenters. The van der Waals surface area contributed by atoms with Crippen LogP contribution in [0.1, 0.15) is 31.2 Å². The fourth-order valence-corrected chi connectivity index (χ4v) is 3.20. The summed E-state index contributed by atoms with van der Waals surface area (Å²) in [5.41, 5.74) is 0.798. The van der Waals surface area contributed by atoms with E-state index in [0.29, 0.717) is 25.9 Å². The normalized spacial score (nSPS) is 17.3. The number of nitrogens with one attached hydrogen (secondary N) is 1. The predicted octanol–water partition coefficient (Wildman–Crippen LogP) is 1.06. The quantitative estimate of drug-likeness (QED) is 0.754. The predicted molar refractivity (Wildman–Crippen MR) is 96.3 cm³/mol. The number of ether oxygens (including phenoxy) is 1. The summed E-state index contributed by atoms with van der Waals surface area (Å²) >= 11 is 0. The summed E-state index contributed by atoms with van der Waals surface area (Å²) in [5.74, 6) is -1.44. The van der Waals surface area contributed by atoms with Gasteiger partial charge in [0.05, 0.1) is 12.3 Å². The summed E-state index contributed by atoms with van der Waals surface area (Å²) in [6.45, 7) is 0.633. The highest BCUT2D eigenvalue weighted by atomic mass is 16.5. The molecule has 1 aliphatic carbocycles. The molecule has 3 rings (SSSR count). The van der Waals surface area contributed by atoms with Crippen LogP contribution in [0.4, 0.5) is 0 Å². The number of hydrogen-bond acceptors (Lipinski definition) is 5. The molecule has 2 fully saturated rings. The van der Waals surface area contributed by atoms with Gasteiger partial charge in [-0.1, -0.05) is 30.3 Å². The molecule has 1 saturated carbocycles. The van der Waals surface area contributed by atoms with Crippen molar-refractivity contribution < 1.29 is 23.9 Å². The molecule has 1 N–H and O–H groups in total. The van der Waals surface area contributed by atoms with Crippen LogP contribution in [-0.2, 0) is 30.3 Å². The van der Waals surface area contributed by atoms with Crippen LogP contribution in [0, 0.1) is 11.8 Å². The third-order valence-corrected chi connectivity index (χ3v) is 4.90.